The molecule has 1 fully saturated rings. The first-order valence-corrected chi connectivity index (χ1v) is 6.05. The molecule has 0 aliphatic heterocycles. The maximum absolute atomic E-state index is 13.1. The van der Waals surface area contributed by atoms with E-state index in [-0.39, 0.29) is 5.82 Å². The van der Waals surface area contributed by atoms with Crippen LogP contribution >= 0.6 is 0 Å². The maximum atomic E-state index is 13.1. The van der Waals surface area contributed by atoms with Gasteiger partial charge in [0.05, 0.1) is 0 Å². The first-order valence-electron chi connectivity index (χ1n) is 6.05. The summed E-state index contributed by atoms with van der Waals surface area (Å²) in [5.74, 6) is 1.42. The van der Waals surface area contributed by atoms with Crippen molar-refractivity contribution in [2.45, 2.75) is 44.9 Å². The minimum atomic E-state index is -0.0925. The molecule has 1 saturated carbocycles. The van der Waals surface area contributed by atoms with Gasteiger partial charge in [0, 0.05) is 0 Å². The third-order valence-corrected chi connectivity index (χ3v) is 3.74. The Kier molecular flexibility index (Phi) is 3.40. The van der Waals surface area contributed by atoms with Gasteiger partial charge in [-0.05, 0) is 55.2 Å². The van der Waals surface area contributed by atoms with Crippen LogP contribution in [-0.2, 0) is 0 Å². The average molecular weight is 206 g/mol. The van der Waals surface area contributed by atoms with Crippen LogP contribution in [0.25, 0.3) is 0 Å². The zero-order valence-electron chi connectivity index (χ0n) is 9.38. The van der Waals surface area contributed by atoms with Gasteiger partial charge in [-0.3, -0.25) is 0 Å². The summed E-state index contributed by atoms with van der Waals surface area (Å²) in [4.78, 5) is 0. The van der Waals surface area contributed by atoms with Crippen molar-refractivity contribution in [1.82, 2.24) is 0 Å². The Morgan fingerprint density at radius 2 is 1.93 bits per heavy atom. The third-order valence-electron chi connectivity index (χ3n) is 3.74. The summed E-state index contributed by atoms with van der Waals surface area (Å²) in [5, 5.41) is 0. The van der Waals surface area contributed by atoms with Crippen molar-refractivity contribution in [2.75, 3.05) is 0 Å². The summed E-state index contributed by atoms with van der Waals surface area (Å²) in [6.45, 7) is 2.27. The number of benzene rings is 1. The summed E-state index contributed by atoms with van der Waals surface area (Å²) in [5.41, 5.74) is 1.20. The van der Waals surface area contributed by atoms with Gasteiger partial charge >= 0.3 is 0 Å². The molecule has 82 valence electrons. The number of hydrogen-bond acceptors (Lipinski definition) is 0. The van der Waals surface area contributed by atoms with E-state index in [9.17, 15) is 4.39 Å². The molecule has 15 heavy (non-hydrogen) atoms. The Labute approximate surface area is 91.5 Å². The Bertz CT molecular complexity index is 311. The SMILES string of the molecule is CCC1CCC(c2cccc(F)c2)CC1. The monoisotopic (exact) mass is 206 g/mol. The van der Waals surface area contributed by atoms with Crippen molar-refractivity contribution in [1.29, 1.82) is 0 Å². The fraction of sp³-hybridized carbons (Fsp3) is 0.571. The van der Waals surface area contributed by atoms with Gasteiger partial charge < -0.3 is 0 Å². The first kappa shape index (κ1) is 10.7. The van der Waals surface area contributed by atoms with E-state index in [4.69, 9.17) is 0 Å². The molecule has 2 rings (SSSR count). The summed E-state index contributed by atoms with van der Waals surface area (Å²) >= 11 is 0. The highest BCUT2D eigenvalue weighted by molar-refractivity contribution is 5.21. The highest BCUT2D eigenvalue weighted by Crippen LogP contribution is 2.36. The largest absolute Gasteiger partial charge is 0.207 e. The molecule has 0 spiro atoms. The predicted molar refractivity (Wildman–Crippen MR) is 61.4 cm³/mol. The van der Waals surface area contributed by atoms with Crippen LogP contribution in [0.15, 0.2) is 24.3 Å². The summed E-state index contributed by atoms with van der Waals surface area (Å²) in [7, 11) is 0. The number of rotatable bonds is 2. The molecule has 0 radical (unpaired) electrons. The van der Waals surface area contributed by atoms with Crippen LogP contribution in [0, 0.1) is 11.7 Å². The van der Waals surface area contributed by atoms with E-state index in [1.165, 1.54) is 43.7 Å². The average Bonchev–Trinajstić information content (AvgIpc) is 2.29. The molecule has 0 unspecified atom stereocenters. The Morgan fingerprint density at radius 1 is 1.20 bits per heavy atom. The van der Waals surface area contributed by atoms with Gasteiger partial charge in [-0.2, -0.15) is 0 Å². The molecule has 0 amide bonds. The van der Waals surface area contributed by atoms with Crippen molar-refractivity contribution in [2.24, 2.45) is 5.92 Å². The first-order chi connectivity index (χ1) is 7.29. The molecule has 1 aromatic rings. The second kappa shape index (κ2) is 4.78. The fourth-order valence-electron chi connectivity index (χ4n) is 2.66. The topological polar surface area (TPSA) is 0 Å². The van der Waals surface area contributed by atoms with E-state index in [0.717, 1.165) is 5.92 Å². The molecule has 0 saturated heterocycles. The van der Waals surface area contributed by atoms with E-state index >= 15 is 0 Å². The lowest BCUT2D eigenvalue weighted by Gasteiger charge is -2.28. The quantitative estimate of drug-likeness (QED) is 0.668. The van der Waals surface area contributed by atoms with E-state index in [2.05, 4.69) is 13.0 Å². The lowest BCUT2D eigenvalue weighted by molar-refractivity contribution is 0.318. The summed E-state index contributed by atoms with van der Waals surface area (Å²) in [6.07, 6.45) is 6.41. The zero-order valence-corrected chi connectivity index (χ0v) is 9.38. The van der Waals surface area contributed by atoms with Crippen LogP contribution in [0.5, 0.6) is 0 Å². The molecular weight excluding hydrogens is 187 g/mol. The molecule has 1 aliphatic rings. The molecule has 1 heteroatoms. The molecule has 0 heterocycles. The fourth-order valence-corrected chi connectivity index (χ4v) is 2.66. The molecular formula is C14H19F. The highest BCUT2D eigenvalue weighted by atomic mass is 19.1. The van der Waals surface area contributed by atoms with Crippen molar-refractivity contribution >= 4 is 0 Å². The minimum Gasteiger partial charge on any atom is -0.207 e. The van der Waals surface area contributed by atoms with Gasteiger partial charge in [0.2, 0.25) is 0 Å². The van der Waals surface area contributed by atoms with Crippen molar-refractivity contribution in [3.05, 3.63) is 35.6 Å². The summed E-state index contributed by atoms with van der Waals surface area (Å²) in [6, 6.07) is 7.13. The van der Waals surface area contributed by atoms with Crippen LogP contribution in [0.3, 0.4) is 0 Å². The van der Waals surface area contributed by atoms with Crippen LogP contribution in [0.4, 0.5) is 4.39 Å². The van der Waals surface area contributed by atoms with Crippen molar-refractivity contribution in [3.8, 4) is 0 Å². The normalized spacial score (nSPS) is 26.5. The second-order valence-electron chi connectivity index (χ2n) is 4.68. The lowest BCUT2D eigenvalue weighted by atomic mass is 9.78. The number of hydrogen-bond donors (Lipinski definition) is 0. The van der Waals surface area contributed by atoms with Gasteiger partial charge in [0.15, 0.2) is 0 Å². The van der Waals surface area contributed by atoms with Gasteiger partial charge in [0.25, 0.3) is 0 Å². The standard InChI is InChI=1S/C14H19F/c1-2-11-6-8-12(9-7-11)13-4-3-5-14(15)10-13/h3-5,10-12H,2,6-9H2,1H3. The van der Waals surface area contributed by atoms with Crippen LogP contribution in [0.1, 0.15) is 50.5 Å². The molecule has 0 N–H and O–H groups in total. The zero-order chi connectivity index (χ0) is 10.7. The molecule has 1 aromatic carbocycles. The van der Waals surface area contributed by atoms with Gasteiger partial charge in [0.1, 0.15) is 5.82 Å². The van der Waals surface area contributed by atoms with Gasteiger partial charge in [-0.25, -0.2) is 4.39 Å². The van der Waals surface area contributed by atoms with Crippen LogP contribution in [0.2, 0.25) is 0 Å². The Balaban J connectivity index is 2.01. The Morgan fingerprint density at radius 3 is 2.53 bits per heavy atom. The van der Waals surface area contributed by atoms with Gasteiger partial charge in [-0.15, -0.1) is 0 Å². The predicted octanol–water partition coefficient (Wildman–Crippen LogP) is 4.51. The van der Waals surface area contributed by atoms with E-state index < -0.39 is 0 Å². The maximum Gasteiger partial charge on any atom is 0.123 e. The number of halogens is 1. The minimum absolute atomic E-state index is 0.0925. The smallest absolute Gasteiger partial charge is 0.123 e. The summed E-state index contributed by atoms with van der Waals surface area (Å²) < 4.78 is 13.1. The molecule has 0 aromatic heterocycles. The van der Waals surface area contributed by atoms with E-state index in [1.54, 1.807) is 6.07 Å². The van der Waals surface area contributed by atoms with Crippen molar-refractivity contribution in [3.63, 3.8) is 0 Å². The molecule has 1 aliphatic carbocycles. The highest BCUT2D eigenvalue weighted by Gasteiger charge is 2.21. The second-order valence-corrected chi connectivity index (χ2v) is 4.68. The van der Waals surface area contributed by atoms with Gasteiger partial charge in [-0.1, -0.05) is 25.5 Å². The molecule has 0 nitrogen and oxygen atoms in total. The molecule has 0 atom stereocenters. The lowest BCUT2D eigenvalue weighted by Crippen LogP contribution is -2.12. The van der Waals surface area contributed by atoms with Crippen LogP contribution < -0.4 is 0 Å². The Hall–Kier alpha value is -0.850. The van der Waals surface area contributed by atoms with Crippen molar-refractivity contribution < 1.29 is 4.39 Å². The molecule has 0 bridgehead atoms. The third kappa shape index (κ3) is 2.58. The van der Waals surface area contributed by atoms with E-state index in [1.807, 2.05) is 6.07 Å². The van der Waals surface area contributed by atoms with Crippen LogP contribution in [-0.4, -0.2) is 0 Å². The van der Waals surface area contributed by atoms with E-state index in [0.29, 0.717) is 5.92 Å².